The molecule has 6 heteroatoms. The predicted molar refractivity (Wildman–Crippen MR) is 82.8 cm³/mol. The van der Waals surface area contributed by atoms with Crippen molar-refractivity contribution < 1.29 is 8.78 Å². The molecule has 0 radical (unpaired) electrons. The second-order valence-electron chi connectivity index (χ2n) is 5.35. The summed E-state index contributed by atoms with van der Waals surface area (Å²) in [5, 5.41) is 8.00. The molecule has 0 bridgehead atoms. The molecule has 23 heavy (non-hydrogen) atoms. The Hall–Kier alpha value is -2.89. The summed E-state index contributed by atoms with van der Waals surface area (Å²) >= 11 is 0. The summed E-state index contributed by atoms with van der Waals surface area (Å²) in [5.41, 5.74) is 3.17. The highest BCUT2D eigenvalue weighted by molar-refractivity contribution is 5.78. The third-order valence-electron chi connectivity index (χ3n) is 3.87. The normalized spacial score (nSPS) is 12.6. The SMILES string of the molecule is Fc1cccc(Cn2cnnc2-c2ccc3c(c2)N=CC3)c1F. The van der Waals surface area contributed by atoms with Gasteiger partial charge >= 0.3 is 0 Å². The van der Waals surface area contributed by atoms with E-state index in [-0.39, 0.29) is 12.1 Å². The van der Waals surface area contributed by atoms with Crippen LogP contribution in [0.15, 0.2) is 47.7 Å². The fraction of sp³-hybridized carbons (Fsp3) is 0.118. The second-order valence-corrected chi connectivity index (χ2v) is 5.35. The van der Waals surface area contributed by atoms with Gasteiger partial charge in [0.2, 0.25) is 0 Å². The topological polar surface area (TPSA) is 43.1 Å². The van der Waals surface area contributed by atoms with Gasteiger partial charge in [0.1, 0.15) is 6.33 Å². The summed E-state index contributed by atoms with van der Waals surface area (Å²) in [6.07, 6.45) is 4.20. The van der Waals surface area contributed by atoms with Gasteiger partial charge in [0, 0.05) is 23.8 Å². The van der Waals surface area contributed by atoms with Crippen molar-refractivity contribution in [2.75, 3.05) is 0 Å². The van der Waals surface area contributed by atoms with Crippen molar-refractivity contribution in [2.45, 2.75) is 13.0 Å². The van der Waals surface area contributed by atoms with Crippen molar-refractivity contribution in [3.8, 4) is 11.4 Å². The number of nitrogens with zero attached hydrogens (tertiary/aromatic N) is 4. The summed E-state index contributed by atoms with van der Waals surface area (Å²) in [6, 6.07) is 10.0. The Balaban J connectivity index is 1.71. The number of halogens is 2. The van der Waals surface area contributed by atoms with E-state index in [1.807, 2.05) is 24.4 Å². The lowest BCUT2D eigenvalue weighted by molar-refractivity contribution is 0.495. The van der Waals surface area contributed by atoms with E-state index in [0.29, 0.717) is 5.82 Å². The zero-order valence-corrected chi connectivity index (χ0v) is 12.1. The molecule has 114 valence electrons. The molecule has 0 N–H and O–H groups in total. The number of aromatic nitrogens is 3. The molecule has 0 aliphatic carbocycles. The summed E-state index contributed by atoms with van der Waals surface area (Å²) in [5.74, 6) is -1.10. The van der Waals surface area contributed by atoms with E-state index in [9.17, 15) is 8.78 Å². The third-order valence-corrected chi connectivity index (χ3v) is 3.87. The molecule has 4 nitrogen and oxygen atoms in total. The van der Waals surface area contributed by atoms with Gasteiger partial charge in [0.05, 0.1) is 12.2 Å². The van der Waals surface area contributed by atoms with Crippen LogP contribution in [0.4, 0.5) is 14.5 Å². The molecule has 0 fully saturated rings. The van der Waals surface area contributed by atoms with Gasteiger partial charge in [0.25, 0.3) is 0 Å². The van der Waals surface area contributed by atoms with Crippen molar-refractivity contribution in [1.82, 2.24) is 14.8 Å². The lowest BCUT2D eigenvalue weighted by Crippen LogP contribution is -2.04. The Labute approximate surface area is 131 Å². The zero-order valence-electron chi connectivity index (χ0n) is 12.1. The van der Waals surface area contributed by atoms with Crippen LogP contribution in [0.5, 0.6) is 0 Å². The Kier molecular flexibility index (Phi) is 3.22. The van der Waals surface area contributed by atoms with Crippen LogP contribution in [-0.2, 0) is 13.0 Å². The molecule has 0 amide bonds. The lowest BCUT2D eigenvalue weighted by atomic mass is 10.1. The summed E-state index contributed by atoms with van der Waals surface area (Å²) in [4.78, 5) is 4.32. The highest BCUT2D eigenvalue weighted by Gasteiger charge is 2.14. The summed E-state index contributed by atoms with van der Waals surface area (Å²) in [6.45, 7) is 0.159. The maximum absolute atomic E-state index is 13.9. The van der Waals surface area contributed by atoms with Crippen LogP contribution in [0.25, 0.3) is 11.4 Å². The quantitative estimate of drug-likeness (QED) is 0.743. The van der Waals surface area contributed by atoms with E-state index in [0.717, 1.165) is 29.3 Å². The highest BCUT2D eigenvalue weighted by atomic mass is 19.2. The fourth-order valence-electron chi connectivity index (χ4n) is 2.69. The smallest absolute Gasteiger partial charge is 0.164 e. The Morgan fingerprint density at radius 3 is 2.96 bits per heavy atom. The van der Waals surface area contributed by atoms with Crippen molar-refractivity contribution >= 4 is 11.9 Å². The molecule has 0 saturated heterocycles. The third kappa shape index (κ3) is 2.42. The molecular formula is C17H12F2N4. The first-order valence-corrected chi connectivity index (χ1v) is 7.19. The van der Waals surface area contributed by atoms with Crippen molar-refractivity contribution in [3.05, 3.63) is 65.5 Å². The average molecular weight is 310 g/mol. The summed E-state index contributed by atoms with van der Waals surface area (Å²) < 4.78 is 28.9. The first kappa shape index (κ1) is 13.8. The van der Waals surface area contributed by atoms with E-state index in [1.165, 1.54) is 12.4 Å². The molecule has 1 aliphatic rings. The number of hydrogen-bond donors (Lipinski definition) is 0. The molecule has 4 rings (SSSR count). The van der Waals surface area contributed by atoms with Gasteiger partial charge in [-0.15, -0.1) is 10.2 Å². The molecule has 3 aromatic rings. The highest BCUT2D eigenvalue weighted by Crippen LogP contribution is 2.29. The van der Waals surface area contributed by atoms with Crippen LogP contribution in [0.1, 0.15) is 11.1 Å². The minimum absolute atomic E-state index is 0.159. The maximum Gasteiger partial charge on any atom is 0.164 e. The van der Waals surface area contributed by atoms with E-state index in [2.05, 4.69) is 15.2 Å². The van der Waals surface area contributed by atoms with Gasteiger partial charge in [-0.2, -0.15) is 0 Å². The first-order valence-electron chi connectivity index (χ1n) is 7.19. The van der Waals surface area contributed by atoms with Gasteiger partial charge in [0.15, 0.2) is 17.5 Å². The molecule has 1 aromatic heterocycles. The van der Waals surface area contributed by atoms with Crippen LogP contribution >= 0.6 is 0 Å². The number of benzene rings is 2. The minimum Gasteiger partial charge on any atom is -0.309 e. The van der Waals surface area contributed by atoms with Gasteiger partial charge in [-0.25, -0.2) is 8.78 Å². The molecule has 1 aliphatic heterocycles. The van der Waals surface area contributed by atoms with Crippen molar-refractivity contribution in [1.29, 1.82) is 0 Å². The largest absolute Gasteiger partial charge is 0.309 e. The number of aliphatic imine (C=N–C) groups is 1. The Bertz CT molecular complexity index is 915. The van der Waals surface area contributed by atoms with Crippen LogP contribution in [0.2, 0.25) is 0 Å². The number of hydrogen-bond acceptors (Lipinski definition) is 3. The summed E-state index contributed by atoms with van der Waals surface area (Å²) in [7, 11) is 0. The van der Waals surface area contributed by atoms with E-state index in [1.54, 1.807) is 10.6 Å². The van der Waals surface area contributed by atoms with Crippen LogP contribution in [0.3, 0.4) is 0 Å². The molecule has 2 aromatic carbocycles. The average Bonchev–Trinajstić information content (AvgIpc) is 3.20. The molecular weight excluding hydrogens is 298 g/mol. The molecule has 2 heterocycles. The van der Waals surface area contributed by atoms with Gasteiger partial charge in [-0.3, -0.25) is 4.99 Å². The Morgan fingerprint density at radius 1 is 1.13 bits per heavy atom. The van der Waals surface area contributed by atoms with Crippen molar-refractivity contribution in [3.63, 3.8) is 0 Å². The van der Waals surface area contributed by atoms with Crippen LogP contribution < -0.4 is 0 Å². The zero-order chi connectivity index (χ0) is 15.8. The van der Waals surface area contributed by atoms with E-state index in [4.69, 9.17) is 0 Å². The molecule has 0 saturated carbocycles. The standard InChI is InChI=1S/C17H12F2N4/c18-14-3-1-2-13(16(14)19)9-23-10-21-22-17(23)12-5-4-11-6-7-20-15(11)8-12/h1-5,7-8,10H,6,9H2. The molecule has 0 unspecified atom stereocenters. The van der Waals surface area contributed by atoms with Crippen molar-refractivity contribution in [2.24, 2.45) is 4.99 Å². The molecule has 0 spiro atoms. The monoisotopic (exact) mass is 310 g/mol. The molecule has 0 atom stereocenters. The van der Waals surface area contributed by atoms with Gasteiger partial charge < -0.3 is 4.57 Å². The Morgan fingerprint density at radius 2 is 2.04 bits per heavy atom. The van der Waals surface area contributed by atoms with Gasteiger partial charge in [-0.1, -0.05) is 24.3 Å². The minimum atomic E-state index is -0.857. The van der Waals surface area contributed by atoms with E-state index < -0.39 is 11.6 Å². The van der Waals surface area contributed by atoms with E-state index >= 15 is 0 Å². The van der Waals surface area contributed by atoms with Gasteiger partial charge in [-0.05, 0) is 17.7 Å². The predicted octanol–water partition coefficient (Wildman–Crippen LogP) is 3.53. The number of rotatable bonds is 3. The van der Waals surface area contributed by atoms with Crippen LogP contribution in [0, 0.1) is 11.6 Å². The fourth-order valence-corrected chi connectivity index (χ4v) is 2.69. The number of fused-ring (bicyclic) bond motifs is 1. The second kappa shape index (κ2) is 5.39. The maximum atomic E-state index is 13.9. The van der Waals surface area contributed by atoms with Crippen LogP contribution in [-0.4, -0.2) is 21.0 Å². The lowest BCUT2D eigenvalue weighted by Gasteiger charge is -2.09. The first-order chi connectivity index (χ1) is 11.2.